The largest absolute Gasteiger partial charge is 0.376 e. The fourth-order valence-electron chi connectivity index (χ4n) is 2.20. The number of carbonyl (C=O) groups is 1. The molecule has 6 heteroatoms. The minimum absolute atomic E-state index is 0.000367. The van der Waals surface area contributed by atoms with E-state index in [1.807, 2.05) is 0 Å². The number of aliphatic imine (C=N–C) groups is 1. The summed E-state index contributed by atoms with van der Waals surface area (Å²) in [7, 11) is 3.49. The normalized spacial score (nSPS) is 18.6. The molecule has 0 aromatic carbocycles. The highest BCUT2D eigenvalue weighted by Crippen LogP contribution is 2.10. The van der Waals surface area contributed by atoms with Crippen molar-refractivity contribution in [2.24, 2.45) is 10.9 Å². The van der Waals surface area contributed by atoms with Crippen LogP contribution in [0.3, 0.4) is 0 Å². The molecule has 0 radical (unpaired) electrons. The summed E-state index contributed by atoms with van der Waals surface area (Å²) in [5.74, 6) is 1.41. The van der Waals surface area contributed by atoms with Crippen LogP contribution >= 0.6 is 0 Å². The number of nitrogens with one attached hydrogen (secondary N) is 2. The molecule has 0 aromatic rings. The van der Waals surface area contributed by atoms with Gasteiger partial charge in [-0.15, -0.1) is 0 Å². The third-order valence-corrected chi connectivity index (χ3v) is 3.64. The maximum Gasteiger partial charge on any atom is 0.243 e. The lowest BCUT2D eigenvalue weighted by molar-refractivity contribution is -0.127. The van der Waals surface area contributed by atoms with E-state index in [1.54, 1.807) is 19.0 Å². The molecular weight excluding hydrogens is 280 g/mol. The summed E-state index contributed by atoms with van der Waals surface area (Å²) in [5, 5.41) is 6.59. The SMILES string of the molecule is CC(C)CCCNC(=NCC(=O)N(C)C)NCC1CCCO1. The van der Waals surface area contributed by atoms with Gasteiger partial charge in [0.25, 0.3) is 0 Å². The van der Waals surface area contributed by atoms with Gasteiger partial charge in [-0.25, -0.2) is 4.99 Å². The molecule has 1 atom stereocenters. The van der Waals surface area contributed by atoms with E-state index in [9.17, 15) is 4.79 Å². The first-order valence-corrected chi connectivity index (χ1v) is 8.33. The Morgan fingerprint density at radius 3 is 2.73 bits per heavy atom. The summed E-state index contributed by atoms with van der Waals surface area (Å²) in [4.78, 5) is 17.6. The van der Waals surface area contributed by atoms with Crippen LogP contribution in [0.1, 0.15) is 39.5 Å². The van der Waals surface area contributed by atoms with Gasteiger partial charge in [-0.2, -0.15) is 0 Å². The summed E-state index contributed by atoms with van der Waals surface area (Å²) >= 11 is 0. The number of ether oxygens (including phenoxy) is 1. The average molecular weight is 312 g/mol. The Bertz CT molecular complexity index is 350. The first kappa shape index (κ1) is 18.7. The van der Waals surface area contributed by atoms with Crippen molar-refractivity contribution < 1.29 is 9.53 Å². The Labute approximate surface area is 134 Å². The van der Waals surface area contributed by atoms with Crippen LogP contribution in [0.15, 0.2) is 4.99 Å². The van der Waals surface area contributed by atoms with Gasteiger partial charge in [0.15, 0.2) is 5.96 Å². The zero-order chi connectivity index (χ0) is 16.4. The minimum atomic E-state index is 0.000367. The molecule has 0 aromatic heterocycles. The Hall–Kier alpha value is -1.30. The monoisotopic (exact) mass is 312 g/mol. The zero-order valence-electron chi connectivity index (χ0n) is 14.5. The van der Waals surface area contributed by atoms with Crippen LogP contribution in [-0.4, -0.2) is 63.2 Å². The second kappa shape index (κ2) is 10.4. The van der Waals surface area contributed by atoms with E-state index in [1.165, 1.54) is 6.42 Å². The summed E-state index contributed by atoms with van der Waals surface area (Å²) in [6.07, 6.45) is 4.75. The predicted molar refractivity (Wildman–Crippen MR) is 90.0 cm³/mol. The molecule has 128 valence electrons. The Balaban J connectivity index is 2.40. The molecule has 0 bridgehead atoms. The van der Waals surface area contributed by atoms with Crippen molar-refractivity contribution in [3.05, 3.63) is 0 Å². The zero-order valence-corrected chi connectivity index (χ0v) is 14.5. The first-order valence-electron chi connectivity index (χ1n) is 8.33. The van der Waals surface area contributed by atoms with Gasteiger partial charge >= 0.3 is 0 Å². The van der Waals surface area contributed by atoms with Crippen molar-refractivity contribution in [3.8, 4) is 0 Å². The molecule has 1 unspecified atom stereocenters. The number of carbonyl (C=O) groups excluding carboxylic acids is 1. The third kappa shape index (κ3) is 8.22. The smallest absolute Gasteiger partial charge is 0.243 e. The molecule has 2 N–H and O–H groups in total. The molecule has 1 saturated heterocycles. The molecule has 1 aliphatic heterocycles. The topological polar surface area (TPSA) is 66.0 Å². The first-order chi connectivity index (χ1) is 10.5. The molecule has 1 rings (SSSR count). The highest BCUT2D eigenvalue weighted by molar-refractivity contribution is 5.84. The van der Waals surface area contributed by atoms with Crippen LogP contribution in [-0.2, 0) is 9.53 Å². The number of hydrogen-bond donors (Lipinski definition) is 2. The molecule has 0 spiro atoms. The van der Waals surface area contributed by atoms with Crippen molar-refractivity contribution in [2.75, 3.05) is 40.3 Å². The second-order valence-corrected chi connectivity index (χ2v) is 6.43. The standard InChI is InChI=1S/C16H32N4O2/c1-13(2)7-5-9-17-16(19-12-15(21)20(3)4)18-11-14-8-6-10-22-14/h13-14H,5-12H2,1-4H3,(H2,17,18,19). The van der Waals surface area contributed by atoms with Crippen molar-refractivity contribution in [2.45, 2.75) is 45.6 Å². The quantitative estimate of drug-likeness (QED) is 0.402. The number of hydrogen-bond acceptors (Lipinski definition) is 3. The molecule has 22 heavy (non-hydrogen) atoms. The van der Waals surface area contributed by atoms with E-state index >= 15 is 0 Å². The summed E-state index contributed by atoms with van der Waals surface area (Å²) in [6.45, 7) is 7.07. The summed E-state index contributed by atoms with van der Waals surface area (Å²) in [5.41, 5.74) is 0. The Kier molecular flexibility index (Phi) is 8.89. The van der Waals surface area contributed by atoms with Crippen molar-refractivity contribution in [1.82, 2.24) is 15.5 Å². The van der Waals surface area contributed by atoms with Gasteiger partial charge in [0.2, 0.25) is 5.91 Å². The number of nitrogens with zero attached hydrogens (tertiary/aromatic N) is 2. The molecule has 1 amide bonds. The number of guanidine groups is 1. The van der Waals surface area contributed by atoms with Crippen LogP contribution in [0.2, 0.25) is 0 Å². The highest BCUT2D eigenvalue weighted by Gasteiger charge is 2.15. The Morgan fingerprint density at radius 2 is 2.14 bits per heavy atom. The molecule has 1 fully saturated rings. The molecule has 6 nitrogen and oxygen atoms in total. The lowest BCUT2D eigenvalue weighted by Crippen LogP contribution is -2.42. The lowest BCUT2D eigenvalue weighted by atomic mass is 10.1. The Morgan fingerprint density at radius 1 is 1.36 bits per heavy atom. The van der Waals surface area contributed by atoms with E-state index < -0.39 is 0 Å². The number of amides is 1. The fourth-order valence-corrected chi connectivity index (χ4v) is 2.20. The van der Waals surface area contributed by atoms with Crippen molar-refractivity contribution in [3.63, 3.8) is 0 Å². The highest BCUT2D eigenvalue weighted by atomic mass is 16.5. The van der Waals surface area contributed by atoms with Crippen molar-refractivity contribution in [1.29, 1.82) is 0 Å². The van der Waals surface area contributed by atoms with E-state index in [-0.39, 0.29) is 18.6 Å². The molecule has 1 heterocycles. The predicted octanol–water partition coefficient (Wildman–Crippen LogP) is 1.23. The van der Waals surface area contributed by atoms with Crippen LogP contribution in [0.25, 0.3) is 0 Å². The number of rotatable bonds is 8. The van der Waals surface area contributed by atoms with Gasteiger partial charge in [0, 0.05) is 33.8 Å². The summed E-state index contributed by atoms with van der Waals surface area (Å²) in [6, 6.07) is 0. The van der Waals surface area contributed by atoms with Gasteiger partial charge in [-0.1, -0.05) is 13.8 Å². The van der Waals surface area contributed by atoms with E-state index in [4.69, 9.17) is 4.74 Å². The van der Waals surface area contributed by atoms with Crippen LogP contribution in [0.5, 0.6) is 0 Å². The van der Waals surface area contributed by atoms with Gasteiger partial charge in [0.1, 0.15) is 6.54 Å². The van der Waals surface area contributed by atoms with Gasteiger partial charge < -0.3 is 20.3 Å². The molecular formula is C16H32N4O2. The van der Waals surface area contributed by atoms with E-state index in [0.717, 1.165) is 39.0 Å². The van der Waals surface area contributed by atoms with Crippen molar-refractivity contribution >= 4 is 11.9 Å². The lowest BCUT2D eigenvalue weighted by Gasteiger charge is -2.16. The summed E-state index contributed by atoms with van der Waals surface area (Å²) < 4.78 is 5.60. The van der Waals surface area contributed by atoms with Gasteiger partial charge in [-0.05, 0) is 31.6 Å². The molecule has 0 saturated carbocycles. The van der Waals surface area contributed by atoms with Crippen LogP contribution in [0.4, 0.5) is 0 Å². The average Bonchev–Trinajstić information content (AvgIpc) is 2.97. The third-order valence-electron chi connectivity index (χ3n) is 3.64. The molecule has 1 aliphatic rings. The fraction of sp³-hybridized carbons (Fsp3) is 0.875. The van der Waals surface area contributed by atoms with Gasteiger partial charge in [0.05, 0.1) is 6.10 Å². The van der Waals surface area contributed by atoms with E-state index in [2.05, 4.69) is 29.5 Å². The maximum absolute atomic E-state index is 11.7. The van der Waals surface area contributed by atoms with Gasteiger partial charge in [-0.3, -0.25) is 4.79 Å². The van der Waals surface area contributed by atoms with Crippen LogP contribution < -0.4 is 10.6 Å². The molecule has 0 aliphatic carbocycles. The minimum Gasteiger partial charge on any atom is -0.376 e. The van der Waals surface area contributed by atoms with E-state index in [0.29, 0.717) is 11.9 Å². The number of likely N-dealkylation sites (N-methyl/N-ethyl adjacent to an activating group) is 1. The second-order valence-electron chi connectivity index (χ2n) is 6.43. The van der Waals surface area contributed by atoms with Crippen LogP contribution in [0, 0.1) is 5.92 Å². The maximum atomic E-state index is 11.7.